The van der Waals surface area contributed by atoms with E-state index in [1.54, 1.807) is 6.07 Å². The van der Waals surface area contributed by atoms with Crippen molar-refractivity contribution in [2.75, 3.05) is 0 Å². The first-order valence-corrected chi connectivity index (χ1v) is 4.95. The second-order valence-corrected chi connectivity index (χ2v) is 3.81. The van der Waals surface area contributed by atoms with Gasteiger partial charge in [-0.15, -0.1) is 0 Å². The van der Waals surface area contributed by atoms with Gasteiger partial charge in [-0.3, -0.25) is 9.59 Å². The molecule has 6 heteroatoms. The monoisotopic (exact) mass is 272 g/mol. The van der Waals surface area contributed by atoms with E-state index >= 15 is 0 Å². The van der Waals surface area contributed by atoms with E-state index in [1.807, 2.05) is 0 Å². The lowest BCUT2D eigenvalue weighted by molar-refractivity contribution is -0.138. The summed E-state index contributed by atoms with van der Waals surface area (Å²) in [6.07, 6.45) is 1.47. The van der Waals surface area contributed by atoms with E-state index in [9.17, 15) is 9.59 Å². The molecule has 1 aromatic rings. The molecule has 0 aliphatic carbocycles. The van der Waals surface area contributed by atoms with Gasteiger partial charge in [0.15, 0.2) is 0 Å². The van der Waals surface area contributed by atoms with Gasteiger partial charge in [0, 0.05) is 10.7 Å². The molecule has 0 fully saturated rings. The van der Waals surface area contributed by atoms with Crippen molar-refractivity contribution in [1.29, 1.82) is 0 Å². The standard InChI is InChI=1S/C9H9BrN2O3/c1-5(9(14)15)12-8(13)7-3-2-6(10)4-11-7/h2-5H,1H3,(H,12,13)(H,14,15)/t5-/m1/s1. The van der Waals surface area contributed by atoms with Crippen LogP contribution in [0.15, 0.2) is 22.8 Å². The molecule has 80 valence electrons. The zero-order chi connectivity index (χ0) is 11.4. The van der Waals surface area contributed by atoms with Crippen molar-refractivity contribution in [3.63, 3.8) is 0 Å². The summed E-state index contributed by atoms with van der Waals surface area (Å²) in [6, 6.07) is 2.24. The third kappa shape index (κ3) is 3.32. The molecule has 5 nitrogen and oxygen atoms in total. The van der Waals surface area contributed by atoms with Crippen molar-refractivity contribution in [1.82, 2.24) is 10.3 Å². The Kier molecular flexibility index (Phi) is 3.79. The number of pyridine rings is 1. The molecule has 0 spiro atoms. The lowest BCUT2D eigenvalue weighted by atomic mass is 10.3. The first-order valence-electron chi connectivity index (χ1n) is 4.16. The van der Waals surface area contributed by atoms with Crippen LogP contribution in [0.25, 0.3) is 0 Å². The Labute approximate surface area is 94.6 Å². The molecule has 0 saturated heterocycles. The van der Waals surface area contributed by atoms with Gasteiger partial charge >= 0.3 is 5.97 Å². The van der Waals surface area contributed by atoms with Gasteiger partial charge in [0.25, 0.3) is 5.91 Å². The summed E-state index contributed by atoms with van der Waals surface area (Å²) in [5.41, 5.74) is 0.186. The molecule has 1 amide bonds. The SMILES string of the molecule is C[C@@H](NC(=O)c1ccc(Br)cn1)C(=O)O. The third-order valence-electron chi connectivity index (χ3n) is 1.68. The van der Waals surface area contributed by atoms with Crippen LogP contribution in [0.4, 0.5) is 0 Å². The Bertz CT molecular complexity index is 377. The van der Waals surface area contributed by atoms with Gasteiger partial charge in [-0.2, -0.15) is 0 Å². The van der Waals surface area contributed by atoms with E-state index in [4.69, 9.17) is 5.11 Å². The fraction of sp³-hybridized carbons (Fsp3) is 0.222. The Morgan fingerprint density at radius 1 is 1.53 bits per heavy atom. The minimum Gasteiger partial charge on any atom is -0.480 e. The number of carboxylic acid groups (broad SMARTS) is 1. The van der Waals surface area contributed by atoms with Crippen LogP contribution in [0.5, 0.6) is 0 Å². The number of halogens is 1. The number of carbonyl (C=O) groups excluding carboxylic acids is 1. The summed E-state index contributed by atoms with van der Waals surface area (Å²) in [5.74, 6) is -1.59. The maximum Gasteiger partial charge on any atom is 0.325 e. The number of nitrogens with one attached hydrogen (secondary N) is 1. The molecule has 0 radical (unpaired) electrons. The molecule has 0 aliphatic rings. The molecular weight excluding hydrogens is 264 g/mol. The Morgan fingerprint density at radius 2 is 2.20 bits per heavy atom. The van der Waals surface area contributed by atoms with Gasteiger partial charge in [0.2, 0.25) is 0 Å². The number of carbonyl (C=O) groups is 2. The highest BCUT2D eigenvalue weighted by Crippen LogP contribution is 2.07. The molecule has 15 heavy (non-hydrogen) atoms. The van der Waals surface area contributed by atoms with E-state index in [0.717, 1.165) is 4.47 Å². The summed E-state index contributed by atoms with van der Waals surface area (Å²) in [5, 5.41) is 10.9. The van der Waals surface area contributed by atoms with Gasteiger partial charge in [-0.1, -0.05) is 0 Å². The highest BCUT2D eigenvalue weighted by Gasteiger charge is 2.15. The van der Waals surface area contributed by atoms with Crippen LogP contribution < -0.4 is 5.32 Å². The maximum atomic E-state index is 11.4. The largest absolute Gasteiger partial charge is 0.480 e. The Morgan fingerprint density at radius 3 is 2.67 bits per heavy atom. The van der Waals surface area contributed by atoms with Crippen LogP contribution in [0.3, 0.4) is 0 Å². The minimum absolute atomic E-state index is 0.186. The summed E-state index contributed by atoms with van der Waals surface area (Å²) < 4.78 is 0.755. The summed E-state index contributed by atoms with van der Waals surface area (Å²) in [4.78, 5) is 25.7. The lowest BCUT2D eigenvalue weighted by Gasteiger charge is -2.08. The number of rotatable bonds is 3. The number of hydrogen-bond acceptors (Lipinski definition) is 3. The Hall–Kier alpha value is -1.43. The molecule has 1 aromatic heterocycles. The number of aromatic nitrogens is 1. The van der Waals surface area contributed by atoms with Crippen molar-refractivity contribution in [2.24, 2.45) is 0 Å². The second kappa shape index (κ2) is 4.88. The van der Waals surface area contributed by atoms with Crippen LogP contribution >= 0.6 is 15.9 Å². The molecule has 0 saturated carbocycles. The number of aliphatic carboxylic acids is 1. The van der Waals surface area contributed by atoms with E-state index < -0.39 is 17.9 Å². The zero-order valence-corrected chi connectivity index (χ0v) is 9.48. The quantitative estimate of drug-likeness (QED) is 0.862. The number of nitrogens with zero attached hydrogens (tertiary/aromatic N) is 1. The molecule has 1 rings (SSSR count). The molecule has 0 bridgehead atoms. The highest BCUT2D eigenvalue weighted by molar-refractivity contribution is 9.10. The first-order chi connectivity index (χ1) is 7.00. The lowest BCUT2D eigenvalue weighted by Crippen LogP contribution is -2.38. The fourth-order valence-electron chi connectivity index (χ4n) is 0.842. The van der Waals surface area contributed by atoms with Crippen molar-refractivity contribution in [3.05, 3.63) is 28.5 Å². The third-order valence-corrected chi connectivity index (χ3v) is 2.15. The van der Waals surface area contributed by atoms with E-state index in [0.29, 0.717) is 0 Å². The summed E-state index contributed by atoms with van der Waals surface area (Å²) in [6.45, 7) is 1.39. The normalized spacial score (nSPS) is 11.9. The van der Waals surface area contributed by atoms with Crippen LogP contribution in [0.1, 0.15) is 17.4 Å². The average molecular weight is 273 g/mol. The van der Waals surface area contributed by atoms with Crippen molar-refractivity contribution in [3.8, 4) is 0 Å². The number of hydrogen-bond donors (Lipinski definition) is 2. The smallest absolute Gasteiger partial charge is 0.325 e. The molecule has 0 unspecified atom stereocenters. The van der Waals surface area contributed by atoms with E-state index in [2.05, 4.69) is 26.2 Å². The van der Waals surface area contributed by atoms with Crippen molar-refractivity contribution in [2.45, 2.75) is 13.0 Å². The fourth-order valence-corrected chi connectivity index (χ4v) is 1.08. The van der Waals surface area contributed by atoms with Crippen molar-refractivity contribution < 1.29 is 14.7 Å². The van der Waals surface area contributed by atoms with Gasteiger partial charge < -0.3 is 10.4 Å². The van der Waals surface area contributed by atoms with E-state index in [-0.39, 0.29) is 5.69 Å². The summed E-state index contributed by atoms with van der Waals surface area (Å²) >= 11 is 3.18. The molecule has 1 heterocycles. The van der Waals surface area contributed by atoms with Crippen LogP contribution in [0.2, 0.25) is 0 Å². The topological polar surface area (TPSA) is 79.3 Å². The number of carboxylic acids is 1. The molecule has 2 N–H and O–H groups in total. The van der Waals surface area contributed by atoms with Gasteiger partial charge in [-0.05, 0) is 35.0 Å². The van der Waals surface area contributed by atoms with Gasteiger partial charge in [0.05, 0.1) is 0 Å². The number of amides is 1. The predicted octanol–water partition coefficient (Wildman–Crippen LogP) is 1.05. The van der Waals surface area contributed by atoms with Crippen molar-refractivity contribution >= 4 is 27.8 Å². The molecule has 1 atom stereocenters. The van der Waals surface area contributed by atoms with Crippen LogP contribution in [-0.4, -0.2) is 28.0 Å². The highest BCUT2D eigenvalue weighted by atomic mass is 79.9. The van der Waals surface area contributed by atoms with Crippen LogP contribution in [-0.2, 0) is 4.79 Å². The average Bonchev–Trinajstić information content (AvgIpc) is 2.18. The predicted molar refractivity (Wildman–Crippen MR) is 56.5 cm³/mol. The van der Waals surface area contributed by atoms with E-state index in [1.165, 1.54) is 19.2 Å². The zero-order valence-electron chi connectivity index (χ0n) is 7.90. The minimum atomic E-state index is -1.08. The Balaban J connectivity index is 2.69. The second-order valence-electron chi connectivity index (χ2n) is 2.90. The summed E-state index contributed by atoms with van der Waals surface area (Å²) in [7, 11) is 0. The molecule has 0 aromatic carbocycles. The van der Waals surface area contributed by atoms with Gasteiger partial charge in [-0.25, -0.2) is 4.98 Å². The van der Waals surface area contributed by atoms with Crippen LogP contribution in [0, 0.1) is 0 Å². The molecule has 0 aliphatic heterocycles. The maximum absolute atomic E-state index is 11.4. The molecular formula is C9H9BrN2O3. The first kappa shape index (κ1) is 11.6. The van der Waals surface area contributed by atoms with Gasteiger partial charge in [0.1, 0.15) is 11.7 Å².